The molecule has 1 heterocycles. The van der Waals surface area contributed by atoms with Crippen molar-refractivity contribution in [3.05, 3.63) is 90.5 Å². The molecule has 0 spiro atoms. The molecule has 3 rings (SSSR count). The van der Waals surface area contributed by atoms with Crippen LogP contribution in [0.15, 0.2) is 94.7 Å². The Morgan fingerprint density at radius 2 is 1.59 bits per heavy atom. The molecule has 0 unspecified atom stereocenters. The molecule has 0 saturated heterocycles. The van der Waals surface area contributed by atoms with E-state index in [1.54, 1.807) is 36.5 Å². The molecule has 0 atom stereocenters. The fourth-order valence-electron chi connectivity index (χ4n) is 2.32. The number of nitrogens with zero attached hydrogens (tertiary/aromatic N) is 1. The molecule has 0 aliphatic heterocycles. The van der Waals surface area contributed by atoms with Gasteiger partial charge in [0.1, 0.15) is 0 Å². The third-order valence-electron chi connectivity index (χ3n) is 3.67. The van der Waals surface area contributed by atoms with Gasteiger partial charge in [0.2, 0.25) is 9.84 Å². The SMILES string of the molecule is O=C(Nc1ccc(S(=O)(=O)c2ccccc2)cc1)/C(F)=C\c1cccnc1. The minimum Gasteiger partial charge on any atom is -0.320 e. The maximum Gasteiger partial charge on any atom is 0.284 e. The number of hydrogen-bond acceptors (Lipinski definition) is 4. The van der Waals surface area contributed by atoms with Crippen molar-refractivity contribution < 1.29 is 17.6 Å². The fraction of sp³-hybridized carbons (Fsp3) is 0. The van der Waals surface area contributed by atoms with Gasteiger partial charge in [-0.05, 0) is 54.1 Å². The van der Waals surface area contributed by atoms with E-state index in [1.165, 1.54) is 42.6 Å². The van der Waals surface area contributed by atoms with Gasteiger partial charge in [-0.1, -0.05) is 24.3 Å². The first-order valence-electron chi connectivity index (χ1n) is 7.95. The largest absolute Gasteiger partial charge is 0.320 e. The van der Waals surface area contributed by atoms with Gasteiger partial charge in [0, 0.05) is 18.1 Å². The maximum absolute atomic E-state index is 14.0. The van der Waals surface area contributed by atoms with Gasteiger partial charge in [-0.3, -0.25) is 9.78 Å². The average Bonchev–Trinajstić information content (AvgIpc) is 2.70. The predicted molar refractivity (Wildman–Crippen MR) is 100 cm³/mol. The highest BCUT2D eigenvalue weighted by Crippen LogP contribution is 2.22. The van der Waals surface area contributed by atoms with E-state index in [2.05, 4.69) is 10.3 Å². The minimum absolute atomic E-state index is 0.0815. The van der Waals surface area contributed by atoms with Crippen molar-refractivity contribution in [1.82, 2.24) is 4.98 Å². The normalized spacial score (nSPS) is 11.8. The number of carbonyl (C=O) groups excluding carboxylic acids is 1. The van der Waals surface area contributed by atoms with Crippen LogP contribution in [0.5, 0.6) is 0 Å². The Balaban J connectivity index is 1.74. The molecule has 2 aromatic carbocycles. The summed E-state index contributed by atoms with van der Waals surface area (Å²) in [7, 11) is -3.65. The van der Waals surface area contributed by atoms with Gasteiger partial charge in [-0.25, -0.2) is 12.8 Å². The number of anilines is 1. The second-order valence-electron chi connectivity index (χ2n) is 5.57. The van der Waals surface area contributed by atoms with Crippen LogP contribution in [0, 0.1) is 0 Å². The number of halogens is 1. The number of pyridine rings is 1. The van der Waals surface area contributed by atoms with Gasteiger partial charge >= 0.3 is 0 Å². The predicted octanol–water partition coefficient (Wildman–Crippen LogP) is 3.86. The summed E-state index contributed by atoms with van der Waals surface area (Å²) in [6, 6.07) is 16.8. The first-order chi connectivity index (χ1) is 13.0. The Morgan fingerprint density at radius 1 is 0.926 bits per heavy atom. The Kier molecular flexibility index (Phi) is 5.42. The Labute approximate surface area is 156 Å². The van der Waals surface area contributed by atoms with Crippen LogP contribution in [0.2, 0.25) is 0 Å². The van der Waals surface area contributed by atoms with Crippen LogP contribution in [0.1, 0.15) is 5.56 Å². The van der Waals surface area contributed by atoms with Gasteiger partial charge in [-0.15, -0.1) is 0 Å². The van der Waals surface area contributed by atoms with E-state index in [0.717, 1.165) is 6.08 Å². The maximum atomic E-state index is 14.0. The van der Waals surface area contributed by atoms with E-state index in [9.17, 15) is 17.6 Å². The number of aromatic nitrogens is 1. The van der Waals surface area contributed by atoms with Gasteiger partial charge < -0.3 is 5.32 Å². The van der Waals surface area contributed by atoms with E-state index in [0.29, 0.717) is 5.56 Å². The van der Waals surface area contributed by atoms with E-state index in [4.69, 9.17) is 0 Å². The highest BCUT2D eigenvalue weighted by molar-refractivity contribution is 7.91. The summed E-state index contributed by atoms with van der Waals surface area (Å²) in [6.07, 6.45) is 4.03. The van der Waals surface area contributed by atoms with Crippen molar-refractivity contribution in [2.45, 2.75) is 9.79 Å². The highest BCUT2D eigenvalue weighted by Gasteiger charge is 2.17. The zero-order chi connectivity index (χ0) is 19.3. The fourth-order valence-corrected chi connectivity index (χ4v) is 3.60. The summed E-state index contributed by atoms with van der Waals surface area (Å²) in [4.78, 5) is 16.0. The highest BCUT2D eigenvalue weighted by atomic mass is 32.2. The molecule has 0 saturated carbocycles. The molecule has 5 nitrogen and oxygen atoms in total. The van der Waals surface area contributed by atoms with Crippen LogP contribution in [0.3, 0.4) is 0 Å². The third-order valence-corrected chi connectivity index (χ3v) is 5.46. The van der Waals surface area contributed by atoms with Crippen molar-refractivity contribution in [3.63, 3.8) is 0 Å². The number of amides is 1. The summed E-state index contributed by atoms with van der Waals surface area (Å²) in [5.74, 6) is -1.92. The molecular weight excluding hydrogens is 367 g/mol. The monoisotopic (exact) mass is 382 g/mol. The smallest absolute Gasteiger partial charge is 0.284 e. The summed E-state index contributed by atoms with van der Waals surface area (Å²) in [6.45, 7) is 0. The molecule has 7 heteroatoms. The molecule has 1 aromatic heterocycles. The molecule has 0 fully saturated rings. The van der Waals surface area contributed by atoms with Crippen LogP contribution < -0.4 is 5.32 Å². The quantitative estimate of drug-likeness (QED) is 0.680. The Hall–Kier alpha value is -3.32. The molecule has 0 bridgehead atoms. The van der Waals surface area contributed by atoms with Crippen LogP contribution >= 0.6 is 0 Å². The van der Waals surface area contributed by atoms with E-state index in [-0.39, 0.29) is 15.5 Å². The van der Waals surface area contributed by atoms with Crippen LogP contribution in [-0.4, -0.2) is 19.3 Å². The summed E-state index contributed by atoms with van der Waals surface area (Å²) in [5, 5.41) is 2.38. The molecule has 3 aromatic rings. The number of hydrogen-bond donors (Lipinski definition) is 1. The van der Waals surface area contributed by atoms with Crippen LogP contribution in [0.4, 0.5) is 10.1 Å². The van der Waals surface area contributed by atoms with E-state index >= 15 is 0 Å². The molecular formula is C20H15FN2O3S. The Morgan fingerprint density at radius 3 is 2.22 bits per heavy atom. The lowest BCUT2D eigenvalue weighted by atomic mass is 10.2. The minimum atomic E-state index is -3.65. The second-order valence-corrected chi connectivity index (χ2v) is 7.52. The molecule has 136 valence electrons. The molecule has 0 radical (unpaired) electrons. The molecule has 0 aliphatic rings. The lowest BCUT2D eigenvalue weighted by Gasteiger charge is -2.07. The van der Waals surface area contributed by atoms with Crippen molar-refractivity contribution >= 4 is 27.5 Å². The summed E-state index contributed by atoms with van der Waals surface area (Å²) >= 11 is 0. The van der Waals surface area contributed by atoms with Crippen molar-refractivity contribution in [2.75, 3.05) is 5.32 Å². The molecule has 0 aliphatic carbocycles. The van der Waals surface area contributed by atoms with Crippen LogP contribution in [-0.2, 0) is 14.6 Å². The first-order valence-corrected chi connectivity index (χ1v) is 9.44. The summed E-state index contributed by atoms with van der Waals surface area (Å²) < 4.78 is 39.0. The van der Waals surface area contributed by atoms with E-state index in [1.807, 2.05) is 0 Å². The number of benzene rings is 2. The second kappa shape index (κ2) is 7.92. The molecule has 1 N–H and O–H groups in total. The van der Waals surface area contributed by atoms with Crippen molar-refractivity contribution in [2.24, 2.45) is 0 Å². The van der Waals surface area contributed by atoms with Gasteiger partial charge in [-0.2, -0.15) is 0 Å². The lowest BCUT2D eigenvalue weighted by Crippen LogP contribution is -2.12. The average molecular weight is 382 g/mol. The van der Waals surface area contributed by atoms with Crippen LogP contribution in [0.25, 0.3) is 6.08 Å². The summed E-state index contributed by atoms with van der Waals surface area (Å²) in [5.41, 5.74) is 0.733. The van der Waals surface area contributed by atoms with Crippen molar-refractivity contribution in [3.8, 4) is 0 Å². The van der Waals surface area contributed by atoms with Crippen molar-refractivity contribution in [1.29, 1.82) is 0 Å². The molecule has 1 amide bonds. The zero-order valence-corrected chi connectivity index (χ0v) is 14.9. The number of nitrogens with one attached hydrogen (secondary N) is 1. The number of rotatable bonds is 5. The number of sulfone groups is 1. The number of carbonyl (C=O) groups is 1. The lowest BCUT2D eigenvalue weighted by molar-refractivity contribution is -0.114. The zero-order valence-electron chi connectivity index (χ0n) is 14.0. The van der Waals surface area contributed by atoms with E-state index < -0.39 is 21.6 Å². The standard InChI is InChI=1S/C20H15FN2O3S/c21-19(13-15-5-4-12-22-14-15)20(24)23-16-8-10-18(11-9-16)27(25,26)17-6-2-1-3-7-17/h1-14H,(H,23,24)/b19-13+. The first kappa shape index (κ1) is 18.5. The topological polar surface area (TPSA) is 76.1 Å². The molecule has 27 heavy (non-hydrogen) atoms. The third kappa shape index (κ3) is 4.45. The Bertz CT molecular complexity index is 1070. The van der Waals surface area contributed by atoms with Gasteiger partial charge in [0.05, 0.1) is 9.79 Å². The van der Waals surface area contributed by atoms with Gasteiger partial charge in [0.25, 0.3) is 5.91 Å². The van der Waals surface area contributed by atoms with Gasteiger partial charge in [0.15, 0.2) is 5.83 Å².